The highest BCUT2D eigenvalue weighted by Crippen LogP contribution is 2.37. The first-order valence-corrected chi connectivity index (χ1v) is 15.5. The van der Waals surface area contributed by atoms with Crippen LogP contribution >= 0.6 is 0 Å². The van der Waals surface area contributed by atoms with Crippen molar-refractivity contribution in [2.24, 2.45) is 0 Å². The number of fused-ring (bicyclic) bond motifs is 6. The van der Waals surface area contributed by atoms with Crippen molar-refractivity contribution in [1.29, 1.82) is 0 Å². The van der Waals surface area contributed by atoms with Gasteiger partial charge in [0.2, 0.25) is 5.95 Å². The molecule has 3 heterocycles. The lowest BCUT2D eigenvalue weighted by Gasteiger charge is -2.15. The Morgan fingerprint density at radius 2 is 0.820 bits per heavy atom. The molecule has 0 spiro atoms. The van der Waals surface area contributed by atoms with Crippen molar-refractivity contribution in [3.05, 3.63) is 176 Å². The molecule has 0 fully saturated rings. The van der Waals surface area contributed by atoms with Crippen LogP contribution in [0.5, 0.6) is 0 Å². The Kier molecular flexibility index (Phi) is 3.76. The number of hydrogen-bond acceptors (Lipinski definition) is 3. The van der Waals surface area contributed by atoms with Crippen molar-refractivity contribution >= 4 is 43.6 Å². The summed E-state index contributed by atoms with van der Waals surface area (Å²) in [5.41, 5.74) is 1.67. The van der Waals surface area contributed by atoms with E-state index in [0.717, 1.165) is 15.7 Å². The smallest absolute Gasteiger partial charge is 0.238 e. The van der Waals surface area contributed by atoms with Crippen LogP contribution in [0, 0.1) is 0 Å². The minimum Gasteiger partial charge on any atom is -0.309 e. The van der Waals surface area contributed by atoms with Gasteiger partial charge in [-0.1, -0.05) is 139 Å². The van der Waals surface area contributed by atoms with Gasteiger partial charge in [0.1, 0.15) is 0 Å². The van der Waals surface area contributed by atoms with Gasteiger partial charge in [-0.15, -0.1) is 0 Å². The third-order valence-corrected chi connectivity index (χ3v) is 8.52. The van der Waals surface area contributed by atoms with Crippen molar-refractivity contribution < 1.29 is 21.9 Å². The van der Waals surface area contributed by atoms with Crippen LogP contribution in [-0.2, 0) is 0 Å². The van der Waals surface area contributed by atoms with E-state index in [1.807, 2.05) is 42.5 Å². The van der Waals surface area contributed by atoms with E-state index in [0.29, 0.717) is 5.56 Å². The fourth-order valence-corrected chi connectivity index (χ4v) is 6.30. The molecule has 0 atom stereocenters. The zero-order valence-electron chi connectivity index (χ0n) is 41.7. The number of hydrogen-bond donors (Lipinski definition) is 0. The van der Waals surface area contributed by atoms with Crippen LogP contribution in [0.2, 0.25) is 0 Å². The number of nitrogens with zero attached hydrogens (tertiary/aromatic N) is 5. The van der Waals surface area contributed by atoms with E-state index in [9.17, 15) is 0 Å². The maximum Gasteiger partial charge on any atom is 0.238 e. The van der Waals surface area contributed by atoms with Crippen LogP contribution in [0.25, 0.3) is 89.2 Å². The fourth-order valence-electron chi connectivity index (χ4n) is 6.30. The first-order valence-electron chi connectivity index (χ1n) is 23.5. The summed E-state index contributed by atoms with van der Waals surface area (Å²) in [5.74, 6) is -0.448. The standard InChI is InChI=1S/C45H29N5/c1-2-14-30(15-3-1)31-26-28-32(29-27-31)43-46-44(48-45(47-43)50-40-23-11-6-18-35(40)36-19-7-12-24-41(36)50)37-20-8-13-25-42(37)49-38-21-9-4-16-33(38)34-17-5-10-22-39(34)49/h1-29H/i4D,5D,6D,7D,9D,10D,11D,12D,16D,17D,18D,19D,21D,22D,23D,24D. The Balaban J connectivity index is 1.36. The van der Waals surface area contributed by atoms with Crippen molar-refractivity contribution in [2.75, 3.05) is 0 Å². The molecule has 0 aliphatic carbocycles. The molecule has 10 aromatic rings. The molecule has 0 bridgehead atoms. The number of aromatic nitrogens is 5. The average Bonchev–Trinajstić information content (AvgIpc) is 3.89. The summed E-state index contributed by atoms with van der Waals surface area (Å²) in [4.78, 5) is 14.6. The predicted molar refractivity (Wildman–Crippen MR) is 205 cm³/mol. The maximum absolute atomic E-state index is 9.13. The van der Waals surface area contributed by atoms with E-state index in [2.05, 4.69) is 0 Å². The highest BCUT2D eigenvalue weighted by molar-refractivity contribution is 6.10. The molecule has 0 aliphatic heterocycles. The quantitative estimate of drug-likeness (QED) is 0.185. The molecular weight excluding hydrogens is 611 g/mol. The van der Waals surface area contributed by atoms with Crippen LogP contribution < -0.4 is 0 Å². The molecule has 0 radical (unpaired) electrons. The number of benzene rings is 7. The molecule has 3 aromatic heterocycles. The summed E-state index contributed by atoms with van der Waals surface area (Å²) < 4.78 is 143. The van der Waals surface area contributed by atoms with Gasteiger partial charge < -0.3 is 4.57 Å². The largest absolute Gasteiger partial charge is 0.309 e. The van der Waals surface area contributed by atoms with Crippen molar-refractivity contribution in [3.8, 4) is 45.5 Å². The maximum atomic E-state index is 9.13. The minimum absolute atomic E-state index is 0.00661. The zero-order chi connectivity index (χ0) is 46.9. The van der Waals surface area contributed by atoms with Gasteiger partial charge in [-0.25, -0.2) is 4.98 Å². The van der Waals surface area contributed by atoms with Crippen LogP contribution in [0.1, 0.15) is 21.9 Å². The first-order chi connectivity index (χ1) is 31.5. The fraction of sp³-hybridized carbons (Fsp3) is 0. The lowest BCUT2D eigenvalue weighted by molar-refractivity contribution is 0.951. The lowest BCUT2D eigenvalue weighted by atomic mass is 10.0. The number of para-hydroxylation sites is 5. The van der Waals surface area contributed by atoms with Crippen LogP contribution in [0.15, 0.2) is 176 Å². The van der Waals surface area contributed by atoms with Gasteiger partial charge in [-0.05, 0) is 47.4 Å². The molecule has 50 heavy (non-hydrogen) atoms. The van der Waals surface area contributed by atoms with E-state index in [1.165, 1.54) is 4.57 Å². The Hall–Kier alpha value is -6.85. The summed E-state index contributed by atoms with van der Waals surface area (Å²) >= 11 is 0. The topological polar surface area (TPSA) is 48.5 Å². The first kappa shape index (κ1) is 16.5. The van der Waals surface area contributed by atoms with Gasteiger partial charge in [-0.3, -0.25) is 4.57 Å². The van der Waals surface area contributed by atoms with Crippen LogP contribution in [0.3, 0.4) is 0 Å². The van der Waals surface area contributed by atoms with Gasteiger partial charge in [0.25, 0.3) is 0 Å². The second kappa shape index (κ2) is 11.4. The summed E-state index contributed by atoms with van der Waals surface area (Å²) in [5, 5.41) is -0.705. The molecule has 5 nitrogen and oxygen atoms in total. The molecule has 10 rings (SSSR count). The molecule has 0 amide bonds. The molecule has 5 heteroatoms. The molecular formula is C45H29N5. The zero-order valence-corrected chi connectivity index (χ0v) is 25.7. The Morgan fingerprint density at radius 1 is 0.380 bits per heavy atom. The van der Waals surface area contributed by atoms with E-state index < -0.39 is 96.7 Å². The molecule has 0 aliphatic rings. The third kappa shape index (κ3) is 4.45. The molecule has 0 saturated carbocycles. The Labute approximate surface area is 310 Å². The van der Waals surface area contributed by atoms with E-state index in [1.54, 1.807) is 36.4 Å². The van der Waals surface area contributed by atoms with Gasteiger partial charge in [0.15, 0.2) is 11.6 Å². The Bertz CT molecular complexity index is 3620. The van der Waals surface area contributed by atoms with Crippen LogP contribution in [-0.4, -0.2) is 24.1 Å². The number of rotatable bonds is 5. The normalized spacial score (nSPS) is 16.1. The van der Waals surface area contributed by atoms with E-state index >= 15 is 0 Å². The molecule has 0 N–H and O–H groups in total. The summed E-state index contributed by atoms with van der Waals surface area (Å²) in [6, 6.07) is 13.7. The lowest BCUT2D eigenvalue weighted by Crippen LogP contribution is -2.07. The predicted octanol–water partition coefficient (Wildman–Crippen LogP) is 11.1. The van der Waals surface area contributed by atoms with Gasteiger partial charge >= 0.3 is 0 Å². The second-order valence-electron chi connectivity index (χ2n) is 11.3. The molecule has 234 valence electrons. The highest BCUT2D eigenvalue weighted by atomic mass is 15.2. The van der Waals surface area contributed by atoms with E-state index in [-0.39, 0.29) is 72.5 Å². The van der Waals surface area contributed by atoms with Crippen molar-refractivity contribution in [3.63, 3.8) is 0 Å². The minimum atomic E-state index is -0.649. The SMILES string of the molecule is [2H]c1c([2H])c([2H])c2c(c1[2H])c1c([2H])c([2H])c([2H])c([2H])c1n2-c1nc(-c2ccc(-c3ccccc3)cc2)nc(-c2ccccc2-n2c3c([2H])c([2H])c([2H])c([2H])c3c3c([2H])c([2H])c([2H])c([2H])c32)n1. The van der Waals surface area contributed by atoms with E-state index in [4.69, 9.17) is 36.9 Å². The molecule has 7 aromatic carbocycles. The van der Waals surface area contributed by atoms with Crippen LogP contribution in [0.4, 0.5) is 0 Å². The third-order valence-electron chi connectivity index (χ3n) is 8.52. The van der Waals surface area contributed by atoms with Crippen molar-refractivity contribution in [2.45, 2.75) is 0 Å². The Morgan fingerprint density at radius 3 is 1.40 bits per heavy atom. The van der Waals surface area contributed by atoms with Gasteiger partial charge in [-0.2, -0.15) is 9.97 Å². The summed E-state index contributed by atoms with van der Waals surface area (Å²) in [6.45, 7) is 0. The monoisotopic (exact) mass is 655 g/mol. The molecule has 0 unspecified atom stereocenters. The van der Waals surface area contributed by atoms with Gasteiger partial charge in [0.05, 0.1) is 49.7 Å². The second-order valence-corrected chi connectivity index (χ2v) is 11.3. The summed E-state index contributed by atoms with van der Waals surface area (Å²) in [7, 11) is 0. The average molecular weight is 656 g/mol. The van der Waals surface area contributed by atoms with Gasteiger partial charge in [0, 0.05) is 32.7 Å². The van der Waals surface area contributed by atoms with Crippen molar-refractivity contribution in [1.82, 2.24) is 24.1 Å². The highest BCUT2D eigenvalue weighted by Gasteiger charge is 2.21. The molecule has 0 saturated heterocycles. The summed E-state index contributed by atoms with van der Waals surface area (Å²) in [6.07, 6.45) is 0.